The van der Waals surface area contributed by atoms with Gasteiger partial charge in [-0.25, -0.2) is 4.79 Å². The quantitative estimate of drug-likeness (QED) is 0.473. The fourth-order valence-corrected chi connectivity index (χ4v) is 2.71. The van der Waals surface area contributed by atoms with E-state index in [0.717, 1.165) is 5.57 Å². The van der Waals surface area contributed by atoms with E-state index in [1.807, 2.05) is 6.07 Å². The van der Waals surface area contributed by atoms with Crippen LogP contribution in [0.3, 0.4) is 0 Å². The van der Waals surface area contributed by atoms with Gasteiger partial charge in [0.2, 0.25) is 0 Å². The number of carbonyl (C=O) groups is 2. The number of ether oxygens (including phenoxy) is 1. The van der Waals surface area contributed by atoms with Crippen LogP contribution in [0.25, 0.3) is 0 Å². The van der Waals surface area contributed by atoms with Crippen LogP contribution in [0.4, 0.5) is 0 Å². The number of carbonyl (C=O) groups excluding carboxylic acids is 2. The summed E-state index contributed by atoms with van der Waals surface area (Å²) < 4.78 is 5.58. The van der Waals surface area contributed by atoms with Crippen molar-refractivity contribution in [3.05, 3.63) is 59.7 Å². The van der Waals surface area contributed by atoms with Crippen molar-refractivity contribution >= 4 is 27.7 Å². The predicted molar refractivity (Wildman–Crippen MR) is 85.5 cm³/mol. The van der Waals surface area contributed by atoms with Gasteiger partial charge in [-0.1, -0.05) is 46.3 Å². The van der Waals surface area contributed by atoms with Gasteiger partial charge < -0.3 is 4.74 Å². The molecule has 0 saturated heterocycles. The normalized spacial score (nSPS) is 21.6. The topological polar surface area (TPSA) is 43.4 Å². The van der Waals surface area contributed by atoms with E-state index in [4.69, 9.17) is 4.74 Å². The Morgan fingerprint density at radius 2 is 2.05 bits per heavy atom. The van der Waals surface area contributed by atoms with Crippen molar-refractivity contribution in [2.75, 3.05) is 5.33 Å². The third-order valence-electron chi connectivity index (χ3n) is 3.60. The summed E-state index contributed by atoms with van der Waals surface area (Å²) in [6.07, 6.45) is 1.62. The third kappa shape index (κ3) is 3.70. The van der Waals surface area contributed by atoms with E-state index >= 15 is 0 Å². The molecule has 1 aromatic carbocycles. The van der Waals surface area contributed by atoms with Gasteiger partial charge in [-0.2, -0.15) is 0 Å². The van der Waals surface area contributed by atoms with Crippen molar-refractivity contribution < 1.29 is 14.3 Å². The van der Waals surface area contributed by atoms with Gasteiger partial charge >= 0.3 is 5.97 Å². The van der Waals surface area contributed by atoms with E-state index in [-0.39, 0.29) is 17.7 Å². The molecule has 1 aliphatic carbocycles. The Bertz CT molecular complexity index is 589. The first-order valence-electron chi connectivity index (χ1n) is 6.74. The SMILES string of the molecule is C=C(CBr)[C@H]1CC(=O)C(C)=C[C@H]1OC(=O)c1ccccc1. The van der Waals surface area contributed by atoms with Gasteiger partial charge in [0.05, 0.1) is 5.56 Å². The molecule has 3 nitrogen and oxygen atoms in total. The molecule has 0 amide bonds. The Morgan fingerprint density at radius 3 is 2.67 bits per heavy atom. The van der Waals surface area contributed by atoms with E-state index in [2.05, 4.69) is 22.5 Å². The zero-order chi connectivity index (χ0) is 15.4. The molecule has 0 bridgehead atoms. The van der Waals surface area contributed by atoms with Crippen molar-refractivity contribution in [2.24, 2.45) is 5.92 Å². The van der Waals surface area contributed by atoms with E-state index in [1.165, 1.54) is 0 Å². The molecule has 110 valence electrons. The van der Waals surface area contributed by atoms with Crippen LogP contribution in [0, 0.1) is 5.92 Å². The third-order valence-corrected chi connectivity index (χ3v) is 4.32. The number of esters is 1. The number of rotatable bonds is 4. The zero-order valence-corrected chi connectivity index (χ0v) is 13.4. The average Bonchev–Trinajstić information content (AvgIpc) is 2.50. The lowest BCUT2D eigenvalue weighted by atomic mass is 9.83. The van der Waals surface area contributed by atoms with E-state index in [1.54, 1.807) is 37.3 Å². The number of ketones is 1. The first kappa shape index (κ1) is 15.7. The minimum absolute atomic E-state index is 0.0779. The number of allylic oxidation sites excluding steroid dienone is 1. The number of halogens is 1. The van der Waals surface area contributed by atoms with Gasteiger partial charge in [0.15, 0.2) is 5.78 Å². The summed E-state index contributed by atoms with van der Waals surface area (Å²) in [5, 5.41) is 0.581. The standard InChI is InChI=1S/C17H17BrO3/c1-11-8-16(14(9-15(11)19)12(2)10-18)21-17(20)13-6-4-3-5-7-13/h3-8,14,16H,2,9-10H2,1H3/t14-,16-/m1/s1. The maximum atomic E-state index is 12.2. The minimum atomic E-state index is -0.444. The highest BCUT2D eigenvalue weighted by Crippen LogP contribution is 2.30. The second kappa shape index (κ2) is 6.85. The number of hydrogen-bond donors (Lipinski definition) is 0. The monoisotopic (exact) mass is 348 g/mol. The average molecular weight is 349 g/mol. The molecule has 0 saturated carbocycles. The predicted octanol–water partition coefficient (Wildman–Crippen LogP) is 3.70. The lowest BCUT2D eigenvalue weighted by Crippen LogP contribution is -2.33. The zero-order valence-electron chi connectivity index (χ0n) is 11.8. The van der Waals surface area contributed by atoms with Crippen LogP contribution >= 0.6 is 15.9 Å². The van der Waals surface area contributed by atoms with Crippen molar-refractivity contribution in [3.63, 3.8) is 0 Å². The first-order chi connectivity index (χ1) is 10.0. The van der Waals surface area contributed by atoms with Gasteiger partial charge in [-0.05, 0) is 30.7 Å². The fourth-order valence-electron chi connectivity index (χ4n) is 2.29. The Hall–Kier alpha value is -1.68. The second-order valence-corrected chi connectivity index (χ2v) is 5.67. The van der Waals surface area contributed by atoms with Gasteiger partial charge in [0, 0.05) is 17.7 Å². The van der Waals surface area contributed by atoms with Crippen molar-refractivity contribution in [3.8, 4) is 0 Å². The molecule has 0 aromatic heterocycles. The highest BCUT2D eigenvalue weighted by molar-refractivity contribution is 9.09. The highest BCUT2D eigenvalue weighted by atomic mass is 79.9. The van der Waals surface area contributed by atoms with Crippen LogP contribution in [0.15, 0.2) is 54.1 Å². The molecule has 21 heavy (non-hydrogen) atoms. The molecule has 0 unspecified atom stereocenters. The smallest absolute Gasteiger partial charge is 0.338 e. The van der Waals surface area contributed by atoms with Crippen molar-refractivity contribution in [2.45, 2.75) is 19.4 Å². The molecule has 1 aromatic rings. The van der Waals surface area contributed by atoms with Crippen LogP contribution in [0.2, 0.25) is 0 Å². The second-order valence-electron chi connectivity index (χ2n) is 5.11. The van der Waals surface area contributed by atoms with E-state index in [9.17, 15) is 9.59 Å². The number of hydrogen-bond acceptors (Lipinski definition) is 3. The Morgan fingerprint density at radius 1 is 1.38 bits per heavy atom. The largest absolute Gasteiger partial charge is 0.454 e. The lowest BCUT2D eigenvalue weighted by Gasteiger charge is -2.29. The fraction of sp³-hybridized carbons (Fsp3) is 0.294. The Balaban J connectivity index is 2.20. The molecular weight excluding hydrogens is 332 g/mol. The van der Waals surface area contributed by atoms with Crippen molar-refractivity contribution in [1.82, 2.24) is 0 Å². The summed E-state index contributed by atoms with van der Waals surface area (Å²) in [6, 6.07) is 8.84. The summed E-state index contributed by atoms with van der Waals surface area (Å²) in [7, 11) is 0. The van der Waals surface area contributed by atoms with Crippen molar-refractivity contribution in [1.29, 1.82) is 0 Å². The molecule has 0 radical (unpaired) electrons. The number of Topliss-reactive ketones (excluding diaryl/α,β-unsaturated/α-hetero) is 1. The molecule has 0 fully saturated rings. The first-order valence-corrected chi connectivity index (χ1v) is 7.86. The van der Waals surface area contributed by atoms with E-state index in [0.29, 0.717) is 22.9 Å². The minimum Gasteiger partial charge on any atom is -0.454 e. The van der Waals surface area contributed by atoms with Gasteiger partial charge in [-0.15, -0.1) is 0 Å². The summed E-state index contributed by atoms with van der Waals surface area (Å²) in [5.41, 5.74) is 2.00. The molecule has 2 rings (SSSR count). The Kier molecular flexibility index (Phi) is 5.12. The number of alkyl halides is 1. The van der Waals surface area contributed by atoms with Crippen LogP contribution in [-0.4, -0.2) is 23.2 Å². The molecule has 0 aliphatic heterocycles. The van der Waals surface area contributed by atoms with E-state index < -0.39 is 6.10 Å². The summed E-state index contributed by atoms with van der Waals surface area (Å²) in [6.45, 7) is 5.72. The lowest BCUT2D eigenvalue weighted by molar-refractivity contribution is -0.117. The van der Waals surface area contributed by atoms with Crippen LogP contribution < -0.4 is 0 Å². The summed E-state index contributed by atoms with van der Waals surface area (Å²) in [5.74, 6) is -0.478. The van der Waals surface area contributed by atoms with Gasteiger partial charge in [-0.3, -0.25) is 4.79 Å². The molecular formula is C17H17BrO3. The maximum Gasteiger partial charge on any atom is 0.338 e. The number of benzene rings is 1. The molecule has 2 atom stereocenters. The molecule has 1 aliphatic rings. The van der Waals surface area contributed by atoms with Crippen LogP contribution in [-0.2, 0) is 9.53 Å². The Labute approximate surface area is 132 Å². The molecule has 4 heteroatoms. The maximum absolute atomic E-state index is 12.2. The molecule has 0 heterocycles. The van der Waals surface area contributed by atoms with Gasteiger partial charge in [0.1, 0.15) is 6.10 Å². The van der Waals surface area contributed by atoms with Crippen LogP contribution in [0.5, 0.6) is 0 Å². The highest BCUT2D eigenvalue weighted by Gasteiger charge is 2.32. The summed E-state index contributed by atoms with van der Waals surface area (Å²) in [4.78, 5) is 24.0. The summed E-state index contributed by atoms with van der Waals surface area (Å²) >= 11 is 3.35. The van der Waals surface area contributed by atoms with Crippen LogP contribution in [0.1, 0.15) is 23.7 Å². The molecule has 0 spiro atoms. The molecule has 0 N–H and O–H groups in total. The van der Waals surface area contributed by atoms with Gasteiger partial charge in [0.25, 0.3) is 0 Å².